The Hall–Kier alpha value is 0.780. The number of carbonyl (C=O) groups is 1. The Morgan fingerprint density at radius 1 is 1.80 bits per heavy atom. The molecule has 5 heteroatoms. The molecule has 0 amide bonds. The van der Waals surface area contributed by atoms with E-state index in [9.17, 15) is 4.79 Å². The molecule has 10 heavy (non-hydrogen) atoms. The Bertz CT molecular complexity index is 102. The molecule has 0 aromatic rings. The summed E-state index contributed by atoms with van der Waals surface area (Å²) in [6, 6.07) is -0.683. The van der Waals surface area contributed by atoms with Crippen molar-refractivity contribution in [3.8, 4) is 0 Å². The second-order valence-electron chi connectivity index (χ2n) is 1.73. The first-order valence-corrected chi connectivity index (χ1v) is 4.05. The molecule has 0 aliphatic rings. The van der Waals surface area contributed by atoms with Crippen LogP contribution in [-0.2, 0) is 4.79 Å². The molecule has 1 atom stereocenters. The average Bonchev–Trinajstić information content (AvgIpc) is 1.82. The molecule has 56 valence electrons. The molecular formula is C5H12NNaO2S. The molecule has 0 radical (unpaired) electrons. The standard InChI is InChI=1S/C5H11NO2S.Na.H/c1-9-3-2-4(6)5(7)8;;/h4H,2-3,6H2,1H3,(H,7,8);;. The predicted molar refractivity (Wildman–Crippen MR) is 45.8 cm³/mol. The van der Waals surface area contributed by atoms with Crippen molar-refractivity contribution in [1.29, 1.82) is 0 Å². The van der Waals surface area contributed by atoms with Crippen LogP contribution >= 0.6 is 11.8 Å². The van der Waals surface area contributed by atoms with Crippen molar-refractivity contribution in [1.82, 2.24) is 0 Å². The van der Waals surface area contributed by atoms with Crippen molar-refractivity contribution in [2.45, 2.75) is 12.5 Å². The average molecular weight is 173 g/mol. The Kier molecular flexibility index (Phi) is 10.5. The molecule has 0 saturated heterocycles. The van der Waals surface area contributed by atoms with E-state index in [1.165, 1.54) is 0 Å². The molecule has 1 unspecified atom stereocenters. The third-order valence-corrected chi connectivity index (χ3v) is 1.59. The van der Waals surface area contributed by atoms with Crippen LogP contribution in [-0.4, -0.2) is 58.7 Å². The molecule has 0 saturated carbocycles. The summed E-state index contributed by atoms with van der Waals surface area (Å²) in [5, 5.41) is 8.27. The first-order valence-electron chi connectivity index (χ1n) is 2.65. The quantitative estimate of drug-likeness (QED) is 0.563. The van der Waals surface area contributed by atoms with Gasteiger partial charge in [0.25, 0.3) is 0 Å². The fraction of sp³-hybridized carbons (Fsp3) is 0.800. The fourth-order valence-electron chi connectivity index (χ4n) is 0.368. The van der Waals surface area contributed by atoms with Gasteiger partial charge in [0, 0.05) is 0 Å². The minimum atomic E-state index is -0.913. The van der Waals surface area contributed by atoms with Gasteiger partial charge in [-0.3, -0.25) is 4.79 Å². The molecular weight excluding hydrogens is 161 g/mol. The number of carboxylic acids is 1. The van der Waals surface area contributed by atoms with Crippen LogP contribution in [0.4, 0.5) is 0 Å². The number of hydrogen-bond donors (Lipinski definition) is 2. The zero-order valence-electron chi connectivity index (χ0n) is 5.33. The van der Waals surface area contributed by atoms with Crippen LogP contribution in [0.3, 0.4) is 0 Å². The van der Waals surface area contributed by atoms with Crippen molar-refractivity contribution in [3.05, 3.63) is 0 Å². The van der Waals surface area contributed by atoms with Crippen LogP contribution in [0.2, 0.25) is 0 Å². The molecule has 0 aliphatic carbocycles. The Morgan fingerprint density at radius 3 is 2.60 bits per heavy atom. The van der Waals surface area contributed by atoms with Gasteiger partial charge in [0.15, 0.2) is 0 Å². The van der Waals surface area contributed by atoms with E-state index in [1.807, 2.05) is 6.26 Å². The van der Waals surface area contributed by atoms with Gasteiger partial charge < -0.3 is 10.8 Å². The van der Waals surface area contributed by atoms with E-state index in [4.69, 9.17) is 10.8 Å². The zero-order valence-corrected chi connectivity index (χ0v) is 6.15. The SMILES string of the molecule is CSCCC(N)C(=O)O.[NaH]. The number of rotatable bonds is 4. The van der Waals surface area contributed by atoms with E-state index >= 15 is 0 Å². The van der Waals surface area contributed by atoms with Crippen molar-refractivity contribution in [2.24, 2.45) is 5.73 Å². The van der Waals surface area contributed by atoms with Gasteiger partial charge in [0.05, 0.1) is 0 Å². The Morgan fingerprint density at radius 2 is 2.30 bits per heavy atom. The molecule has 0 bridgehead atoms. The molecule has 0 rings (SSSR count). The maximum absolute atomic E-state index is 10.1. The number of aliphatic carboxylic acids is 1. The van der Waals surface area contributed by atoms with Gasteiger partial charge in [-0.05, 0) is 18.4 Å². The molecule has 0 aliphatic heterocycles. The van der Waals surface area contributed by atoms with Gasteiger partial charge >= 0.3 is 35.5 Å². The summed E-state index contributed by atoms with van der Waals surface area (Å²) in [6.45, 7) is 0. The molecule has 3 N–H and O–H groups in total. The van der Waals surface area contributed by atoms with E-state index in [-0.39, 0.29) is 29.6 Å². The van der Waals surface area contributed by atoms with Crippen LogP contribution in [0.25, 0.3) is 0 Å². The second kappa shape index (κ2) is 7.88. The summed E-state index contributed by atoms with van der Waals surface area (Å²) in [5.74, 6) is -0.1000. The Balaban J connectivity index is 0. The number of nitrogens with two attached hydrogens (primary N) is 1. The van der Waals surface area contributed by atoms with Gasteiger partial charge in [-0.2, -0.15) is 11.8 Å². The van der Waals surface area contributed by atoms with Crippen LogP contribution in [0.15, 0.2) is 0 Å². The van der Waals surface area contributed by atoms with E-state index in [1.54, 1.807) is 11.8 Å². The first-order chi connectivity index (χ1) is 4.18. The minimum absolute atomic E-state index is 0. The van der Waals surface area contributed by atoms with Crippen LogP contribution < -0.4 is 5.73 Å². The monoisotopic (exact) mass is 173 g/mol. The van der Waals surface area contributed by atoms with Crippen LogP contribution in [0, 0.1) is 0 Å². The molecule has 0 aromatic carbocycles. The fourth-order valence-corrected chi connectivity index (χ4v) is 0.858. The van der Waals surface area contributed by atoms with E-state index < -0.39 is 12.0 Å². The third-order valence-electron chi connectivity index (χ3n) is 0.950. The van der Waals surface area contributed by atoms with Crippen molar-refractivity contribution in [3.63, 3.8) is 0 Å². The van der Waals surface area contributed by atoms with E-state index in [0.29, 0.717) is 6.42 Å². The second-order valence-corrected chi connectivity index (χ2v) is 2.71. The van der Waals surface area contributed by atoms with E-state index in [0.717, 1.165) is 5.75 Å². The topological polar surface area (TPSA) is 63.3 Å². The zero-order chi connectivity index (χ0) is 7.28. The normalized spacial score (nSPS) is 11.8. The van der Waals surface area contributed by atoms with E-state index in [2.05, 4.69) is 0 Å². The molecule has 0 aromatic heterocycles. The van der Waals surface area contributed by atoms with Gasteiger partial charge in [-0.25, -0.2) is 0 Å². The first kappa shape index (κ1) is 13.4. The summed E-state index contributed by atoms with van der Waals surface area (Å²) >= 11 is 1.60. The van der Waals surface area contributed by atoms with Gasteiger partial charge in [-0.15, -0.1) is 0 Å². The summed E-state index contributed by atoms with van der Waals surface area (Å²) in [7, 11) is 0. The van der Waals surface area contributed by atoms with Crippen LogP contribution in [0.5, 0.6) is 0 Å². The van der Waals surface area contributed by atoms with Crippen molar-refractivity contribution < 1.29 is 9.90 Å². The summed E-state index contributed by atoms with van der Waals surface area (Å²) in [6.07, 6.45) is 2.48. The van der Waals surface area contributed by atoms with Crippen molar-refractivity contribution >= 4 is 47.3 Å². The molecule has 0 fully saturated rings. The molecule has 0 heterocycles. The van der Waals surface area contributed by atoms with Gasteiger partial charge in [-0.1, -0.05) is 0 Å². The summed E-state index contributed by atoms with van der Waals surface area (Å²) in [4.78, 5) is 10.1. The summed E-state index contributed by atoms with van der Waals surface area (Å²) in [5.41, 5.74) is 5.19. The summed E-state index contributed by atoms with van der Waals surface area (Å²) < 4.78 is 0. The van der Waals surface area contributed by atoms with Crippen molar-refractivity contribution in [2.75, 3.05) is 12.0 Å². The number of hydrogen-bond acceptors (Lipinski definition) is 3. The van der Waals surface area contributed by atoms with Crippen LogP contribution in [0.1, 0.15) is 6.42 Å². The van der Waals surface area contributed by atoms with Gasteiger partial charge in [0.2, 0.25) is 0 Å². The number of carboxylic acid groups (broad SMARTS) is 1. The van der Waals surface area contributed by atoms with Gasteiger partial charge in [0.1, 0.15) is 6.04 Å². The Labute approximate surface area is 87.0 Å². The number of thioether (sulfide) groups is 1. The molecule has 3 nitrogen and oxygen atoms in total. The third kappa shape index (κ3) is 6.89. The maximum atomic E-state index is 10.1. The predicted octanol–water partition coefficient (Wildman–Crippen LogP) is -0.497. The molecule has 0 spiro atoms.